The fourth-order valence-electron chi connectivity index (χ4n) is 1.73. The first-order valence-corrected chi connectivity index (χ1v) is 7.34. The molecule has 0 aliphatic heterocycles. The Bertz CT molecular complexity index is 649. The monoisotopic (exact) mass is 408 g/mol. The van der Waals surface area contributed by atoms with Crippen molar-refractivity contribution in [2.75, 3.05) is 0 Å². The van der Waals surface area contributed by atoms with E-state index in [2.05, 4.69) is 32.6 Å². The number of benzene rings is 1. The molecule has 2 rings (SSSR count). The molecule has 2 nitrogen and oxygen atoms in total. The normalized spacial score (nSPS) is 11.8. The highest BCUT2D eigenvalue weighted by Gasteiger charge is 2.23. The van der Waals surface area contributed by atoms with E-state index >= 15 is 0 Å². The topological polar surface area (TPSA) is 25.8 Å². The molecule has 0 aliphatic carbocycles. The molecule has 1 aromatic heterocycles. The van der Waals surface area contributed by atoms with Gasteiger partial charge in [-0.1, -0.05) is 32.4 Å². The zero-order valence-corrected chi connectivity index (χ0v) is 14.1. The van der Waals surface area contributed by atoms with E-state index in [0.29, 0.717) is 0 Å². The van der Waals surface area contributed by atoms with Crippen molar-refractivity contribution in [3.05, 3.63) is 44.3 Å². The Morgan fingerprint density at radius 2 is 1.60 bits per heavy atom. The Kier molecular flexibility index (Phi) is 4.30. The van der Waals surface area contributed by atoms with Crippen molar-refractivity contribution >= 4 is 34.2 Å². The van der Waals surface area contributed by atoms with Crippen LogP contribution < -0.4 is 0 Å². The second-order valence-electron chi connectivity index (χ2n) is 5.41. The SMILES string of the molecule is CC(C)(C)c1nc(-c2cc(F)cc(F)c2)nc(Cl)c1I. The Morgan fingerprint density at radius 1 is 1.05 bits per heavy atom. The van der Waals surface area contributed by atoms with Crippen LogP contribution in [0.1, 0.15) is 26.5 Å². The zero-order valence-electron chi connectivity index (χ0n) is 11.1. The van der Waals surface area contributed by atoms with E-state index in [9.17, 15) is 8.78 Å². The summed E-state index contributed by atoms with van der Waals surface area (Å²) >= 11 is 8.18. The largest absolute Gasteiger partial charge is 0.231 e. The summed E-state index contributed by atoms with van der Waals surface area (Å²) in [6, 6.07) is 3.19. The molecule has 0 bridgehead atoms. The van der Waals surface area contributed by atoms with Gasteiger partial charge in [-0.15, -0.1) is 0 Å². The van der Waals surface area contributed by atoms with Gasteiger partial charge in [0.25, 0.3) is 0 Å². The summed E-state index contributed by atoms with van der Waals surface area (Å²) in [5.41, 5.74) is 0.771. The number of hydrogen-bond acceptors (Lipinski definition) is 2. The molecule has 0 saturated heterocycles. The molecule has 0 amide bonds. The van der Waals surface area contributed by atoms with Crippen LogP contribution >= 0.6 is 34.2 Å². The van der Waals surface area contributed by atoms with Crippen LogP contribution in [0.3, 0.4) is 0 Å². The summed E-state index contributed by atoms with van der Waals surface area (Å²) in [6.45, 7) is 5.97. The first-order chi connectivity index (χ1) is 9.18. The van der Waals surface area contributed by atoms with Gasteiger partial charge in [0, 0.05) is 17.0 Å². The van der Waals surface area contributed by atoms with Crippen LogP contribution in [-0.2, 0) is 5.41 Å². The van der Waals surface area contributed by atoms with Crippen LogP contribution in [-0.4, -0.2) is 9.97 Å². The zero-order chi connectivity index (χ0) is 15.1. The third-order valence-corrected chi connectivity index (χ3v) is 4.26. The van der Waals surface area contributed by atoms with Crippen molar-refractivity contribution in [2.45, 2.75) is 26.2 Å². The Labute approximate surface area is 134 Å². The van der Waals surface area contributed by atoms with Gasteiger partial charge >= 0.3 is 0 Å². The van der Waals surface area contributed by atoms with Crippen molar-refractivity contribution < 1.29 is 8.78 Å². The van der Waals surface area contributed by atoms with Crippen LogP contribution in [0.2, 0.25) is 5.15 Å². The summed E-state index contributed by atoms with van der Waals surface area (Å²) < 4.78 is 27.3. The maximum absolute atomic E-state index is 13.3. The van der Waals surface area contributed by atoms with Crippen LogP contribution in [0.4, 0.5) is 8.78 Å². The molecule has 0 fully saturated rings. The molecule has 106 valence electrons. The molecular weight excluding hydrogens is 397 g/mol. The smallest absolute Gasteiger partial charge is 0.161 e. The van der Waals surface area contributed by atoms with E-state index in [-0.39, 0.29) is 22.0 Å². The number of rotatable bonds is 1. The van der Waals surface area contributed by atoms with Crippen LogP contribution in [0.5, 0.6) is 0 Å². The molecule has 0 N–H and O–H groups in total. The summed E-state index contributed by atoms with van der Waals surface area (Å²) in [7, 11) is 0. The predicted molar refractivity (Wildman–Crippen MR) is 83.8 cm³/mol. The second-order valence-corrected chi connectivity index (χ2v) is 6.85. The second kappa shape index (κ2) is 5.52. The standard InChI is InChI=1S/C14H12ClF2IN2/c1-14(2,3)11-10(18)12(15)20-13(19-11)7-4-8(16)6-9(17)5-7/h4-6H,1-3H3. The van der Waals surface area contributed by atoms with Crippen molar-refractivity contribution in [1.82, 2.24) is 9.97 Å². The summed E-state index contributed by atoms with van der Waals surface area (Å²) in [5.74, 6) is -1.12. The lowest BCUT2D eigenvalue weighted by molar-refractivity contribution is 0.563. The highest BCUT2D eigenvalue weighted by molar-refractivity contribution is 14.1. The lowest BCUT2D eigenvalue weighted by Crippen LogP contribution is -2.17. The number of hydrogen-bond donors (Lipinski definition) is 0. The van der Waals surface area contributed by atoms with Crippen molar-refractivity contribution in [2.24, 2.45) is 0 Å². The third kappa shape index (κ3) is 3.25. The summed E-state index contributed by atoms with van der Waals surface area (Å²) in [5, 5.41) is 0.283. The average molecular weight is 409 g/mol. The Hall–Kier alpha value is -0.820. The van der Waals surface area contributed by atoms with E-state index in [1.54, 1.807) is 0 Å². The van der Waals surface area contributed by atoms with Crippen molar-refractivity contribution in [3.63, 3.8) is 0 Å². The third-order valence-electron chi connectivity index (χ3n) is 2.64. The van der Waals surface area contributed by atoms with Gasteiger partial charge in [0.05, 0.1) is 9.26 Å². The summed E-state index contributed by atoms with van der Waals surface area (Å²) in [4.78, 5) is 8.53. The van der Waals surface area contributed by atoms with Gasteiger partial charge < -0.3 is 0 Å². The number of halogens is 4. The molecule has 0 radical (unpaired) electrons. The molecule has 0 atom stereocenters. The fraction of sp³-hybridized carbons (Fsp3) is 0.286. The molecule has 2 aromatic rings. The Morgan fingerprint density at radius 3 is 2.10 bits per heavy atom. The highest BCUT2D eigenvalue weighted by atomic mass is 127. The van der Waals surface area contributed by atoms with Crippen LogP contribution in [0.15, 0.2) is 18.2 Å². The number of nitrogens with zero attached hydrogens (tertiary/aromatic N) is 2. The maximum Gasteiger partial charge on any atom is 0.161 e. The molecule has 1 aromatic carbocycles. The molecule has 1 heterocycles. The van der Waals surface area contributed by atoms with Crippen LogP contribution in [0.25, 0.3) is 11.4 Å². The molecule has 0 aliphatic rings. The highest BCUT2D eigenvalue weighted by Crippen LogP contribution is 2.31. The van der Waals surface area contributed by atoms with Crippen LogP contribution in [0, 0.1) is 15.2 Å². The van der Waals surface area contributed by atoms with E-state index < -0.39 is 11.6 Å². The predicted octanol–water partition coefficient (Wildman–Crippen LogP) is 4.98. The molecule has 0 unspecified atom stereocenters. The van der Waals surface area contributed by atoms with Gasteiger partial charge in [-0.05, 0) is 34.7 Å². The van der Waals surface area contributed by atoms with Gasteiger partial charge in [-0.3, -0.25) is 0 Å². The minimum Gasteiger partial charge on any atom is -0.231 e. The quantitative estimate of drug-likeness (QED) is 0.491. The molecule has 0 saturated carbocycles. The summed E-state index contributed by atoms with van der Waals surface area (Å²) in [6.07, 6.45) is 0. The minimum atomic E-state index is -0.671. The lowest BCUT2D eigenvalue weighted by Gasteiger charge is -2.20. The Balaban J connectivity index is 2.67. The molecular formula is C14H12ClF2IN2. The van der Waals surface area contributed by atoms with Crippen molar-refractivity contribution in [1.29, 1.82) is 0 Å². The fourth-order valence-corrected chi connectivity index (χ4v) is 2.95. The van der Waals surface area contributed by atoms with E-state index in [1.807, 2.05) is 20.8 Å². The van der Waals surface area contributed by atoms with Gasteiger partial charge in [-0.2, -0.15) is 0 Å². The molecule has 0 spiro atoms. The first kappa shape index (κ1) is 15.6. The van der Waals surface area contributed by atoms with Gasteiger partial charge in [-0.25, -0.2) is 18.7 Å². The van der Waals surface area contributed by atoms with Gasteiger partial charge in [0.1, 0.15) is 16.8 Å². The van der Waals surface area contributed by atoms with Gasteiger partial charge in [0.15, 0.2) is 5.82 Å². The molecule has 20 heavy (non-hydrogen) atoms. The van der Waals surface area contributed by atoms with E-state index in [0.717, 1.165) is 15.3 Å². The van der Waals surface area contributed by atoms with Gasteiger partial charge in [0.2, 0.25) is 0 Å². The number of aromatic nitrogens is 2. The van der Waals surface area contributed by atoms with Crippen molar-refractivity contribution in [3.8, 4) is 11.4 Å². The lowest BCUT2D eigenvalue weighted by atomic mass is 9.92. The minimum absolute atomic E-state index is 0.221. The van der Waals surface area contributed by atoms with E-state index in [4.69, 9.17) is 11.6 Å². The van der Waals surface area contributed by atoms with E-state index in [1.165, 1.54) is 12.1 Å². The molecule has 6 heteroatoms. The first-order valence-electron chi connectivity index (χ1n) is 5.88. The average Bonchev–Trinajstić information content (AvgIpc) is 2.29. The maximum atomic E-state index is 13.3.